The third-order valence-electron chi connectivity index (χ3n) is 3.67. The van der Waals surface area contributed by atoms with Crippen LogP contribution >= 0.6 is 0 Å². The second-order valence-corrected chi connectivity index (χ2v) is 7.76. The summed E-state index contributed by atoms with van der Waals surface area (Å²) in [6.45, 7) is 1.72. The molecule has 122 valence electrons. The van der Waals surface area contributed by atoms with Crippen LogP contribution in [0.5, 0.6) is 0 Å². The van der Waals surface area contributed by atoms with E-state index in [1.165, 1.54) is 0 Å². The Labute approximate surface area is 133 Å². The molecule has 0 radical (unpaired) electrons. The van der Waals surface area contributed by atoms with Crippen molar-refractivity contribution in [2.75, 3.05) is 11.5 Å². The van der Waals surface area contributed by atoms with E-state index in [1.807, 2.05) is 30.3 Å². The average molecular weight is 335 g/mol. The van der Waals surface area contributed by atoms with Crippen LogP contribution < -0.4 is 10.7 Å². The van der Waals surface area contributed by atoms with Gasteiger partial charge in [0.05, 0.1) is 11.5 Å². The lowest BCUT2D eigenvalue weighted by atomic mass is 10.2. The highest BCUT2D eigenvalue weighted by molar-refractivity contribution is 7.91. The Hall–Kier alpha value is -2.35. The van der Waals surface area contributed by atoms with Crippen molar-refractivity contribution >= 4 is 32.5 Å². The van der Waals surface area contributed by atoms with Crippen molar-refractivity contribution in [3.8, 4) is 0 Å². The summed E-state index contributed by atoms with van der Waals surface area (Å²) in [4.78, 5) is 11.8. The highest BCUT2D eigenvalue weighted by Gasteiger charge is 2.28. The first-order valence-corrected chi connectivity index (χ1v) is 9.05. The number of benzene rings is 1. The van der Waals surface area contributed by atoms with E-state index in [0.717, 1.165) is 11.0 Å². The van der Waals surface area contributed by atoms with Crippen molar-refractivity contribution in [2.24, 2.45) is 5.10 Å². The van der Waals surface area contributed by atoms with Crippen molar-refractivity contribution in [1.82, 2.24) is 10.7 Å². The van der Waals surface area contributed by atoms with E-state index in [0.29, 0.717) is 17.9 Å². The molecule has 2 heterocycles. The lowest BCUT2D eigenvalue weighted by Gasteiger charge is -2.09. The minimum absolute atomic E-state index is 0.0211. The molecule has 3 rings (SSSR count). The Balaban J connectivity index is 1.61. The first-order valence-electron chi connectivity index (χ1n) is 7.23. The van der Waals surface area contributed by atoms with Crippen molar-refractivity contribution in [3.63, 3.8) is 0 Å². The highest BCUT2D eigenvalue weighted by Crippen LogP contribution is 2.19. The lowest BCUT2D eigenvalue weighted by molar-refractivity contribution is 0.238. The molecule has 0 saturated carbocycles. The van der Waals surface area contributed by atoms with Gasteiger partial charge in [-0.1, -0.05) is 18.2 Å². The molecule has 0 bridgehead atoms. The van der Waals surface area contributed by atoms with Crippen LogP contribution in [0.1, 0.15) is 19.1 Å². The fourth-order valence-corrected chi connectivity index (χ4v) is 4.15. The Morgan fingerprint density at radius 1 is 1.35 bits per heavy atom. The summed E-state index contributed by atoms with van der Waals surface area (Å²) < 4.78 is 28.3. The molecular weight excluding hydrogens is 318 g/mol. The zero-order valence-corrected chi connectivity index (χ0v) is 13.4. The molecule has 1 saturated heterocycles. The molecule has 0 aliphatic carbocycles. The van der Waals surface area contributed by atoms with Gasteiger partial charge in [-0.3, -0.25) is 0 Å². The van der Waals surface area contributed by atoms with Gasteiger partial charge in [0.2, 0.25) is 0 Å². The quantitative estimate of drug-likeness (QED) is 0.658. The molecule has 1 aliphatic heterocycles. The van der Waals surface area contributed by atoms with Gasteiger partial charge in [-0.05, 0) is 25.5 Å². The van der Waals surface area contributed by atoms with E-state index in [-0.39, 0.29) is 17.5 Å². The summed E-state index contributed by atoms with van der Waals surface area (Å²) in [5, 5.41) is 7.54. The van der Waals surface area contributed by atoms with Crippen molar-refractivity contribution < 1.29 is 17.6 Å². The monoisotopic (exact) mass is 335 g/mol. The number of carbonyl (C=O) groups excluding carboxylic acids is 1. The number of para-hydroxylation sites is 1. The second kappa shape index (κ2) is 6.04. The number of carbonyl (C=O) groups is 1. The molecule has 2 aromatic rings. The van der Waals surface area contributed by atoms with Crippen molar-refractivity contribution in [2.45, 2.75) is 19.4 Å². The van der Waals surface area contributed by atoms with Gasteiger partial charge in [0.25, 0.3) is 0 Å². The first-order chi connectivity index (χ1) is 10.9. The molecule has 0 spiro atoms. The van der Waals surface area contributed by atoms with Crippen molar-refractivity contribution in [3.05, 3.63) is 36.1 Å². The fourth-order valence-electron chi connectivity index (χ4n) is 2.48. The summed E-state index contributed by atoms with van der Waals surface area (Å²) in [6.07, 6.45) is 0.433. The summed E-state index contributed by atoms with van der Waals surface area (Å²) >= 11 is 0. The van der Waals surface area contributed by atoms with Gasteiger partial charge < -0.3 is 9.73 Å². The summed E-state index contributed by atoms with van der Waals surface area (Å²) in [5.41, 5.74) is 3.63. The minimum Gasteiger partial charge on any atom is -0.455 e. The van der Waals surface area contributed by atoms with Crippen LogP contribution in [0, 0.1) is 0 Å². The van der Waals surface area contributed by atoms with Gasteiger partial charge in [0, 0.05) is 11.4 Å². The molecule has 2 amide bonds. The van der Waals surface area contributed by atoms with Crippen LogP contribution in [0.2, 0.25) is 0 Å². The number of amides is 2. The van der Waals surface area contributed by atoms with Gasteiger partial charge in [-0.2, -0.15) is 5.10 Å². The number of nitrogens with one attached hydrogen (secondary N) is 2. The SMILES string of the molecule is CC(=NNC(=O)N[C@@H]1CCS(=O)(=O)C1)c1cc2ccccc2o1. The van der Waals surface area contributed by atoms with Gasteiger partial charge in [-0.25, -0.2) is 18.6 Å². The molecule has 23 heavy (non-hydrogen) atoms. The van der Waals surface area contributed by atoms with E-state index in [1.54, 1.807) is 6.92 Å². The van der Waals surface area contributed by atoms with Gasteiger partial charge in [0.15, 0.2) is 15.6 Å². The molecule has 0 unspecified atom stereocenters. The number of hydrogen-bond donors (Lipinski definition) is 2. The zero-order chi connectivity index (χ0) is 16.4. The standard InChI is InChI=1S/C15H17N3O4S/c1-10(14-8-11-4-2-3-5-13(11)22-14)17-18-15(19)16-12-6-7-23(20,21)9-12/h2-5,8,12H,6-7,9H2,1H3,(H2,16,18,19)/t12-/m1/s1. The molecule has 1 aromatic carbocycles. The molecule has 7 nitrogen and oxygen atoms in total. The maximum Gasteiger partial charge on any atom is 0.335 e. The largest absolute Gasteiger partial charge is 0.455 e. The van der Waals surface area contributed by atoms with Crippen LogP contribution in [-0.2, 0) is 9.84 Å². The summed E-state index contributed by atoms with van der Waals surface area (Å²) in [7, 11) is -3.02. The topological polar surface area (TPSA) is 101 Å². The maximum absolute atomic E-state index is 11.8. The number of hydrogen-bond acceptors (Lipinski definition) is 5. The van der Waals surface area contributed by atoms with Crippen LogP contribution in [0.3, 0.4) is 0 Å². The molecular formula is C15H17N3O4S. The van der Waals surface area contributed by atoms with E-state index in [4.69, 9.17) is 4.42 Å². The molecule has 1 atom stereocenters. The number of sulfone groups is 1. The smallest absolute Gasteiger partial charge is 0.335 e. The maximum atomic E-state index is 11.8. The highest BCUT2D eigenvalue weighted by atomic mass is 32.2. The summed E-state index contributed by atoms with van der Waals surface area (Å²) in [6, 6.07) is 8.53. The number of fused-ring (bicyclic) bond motifs is 1. The van der Waals surface area contributed by atoms with Crippen LogP contribution in [0.4, 0.5) is 4.79 Å². The predicted octanol–water partition coefficient (Wildman–Crippen LogP) is 1.64. The second-order valence-electron chi connectivity index (χ2n) is 5.53. The van der Waals surface area contributed by atoms with E-state index < -0.39 is 15.9 Å². The molecule has 1 aromatic heterocycles. The number of furan rings is 1. The number of nitrogens with zero attached hydrogens (tertiary/aromatic N) is 1. The van der Waals surface area contributed by atoms with Gasteiger partial charge >= 0.3 is 6.03 Å². The predicted molar refractivity (Wildman–Crippen MR) is 87.2 cm³/mol. The van der Waals surface area contributed by atoms with E-state index in [9.17, 15) is 13.2 Å². The van der Waals surface area contributed by atoms with Gasteiger partial charge in [0.1, 0.15) is 11.3 Å². The Morgan fingerprint density at radius 3 is 2.83 bits per heavy atom. The Bertz CT molecular complexity index is 837. The Morgan fingerprint density at radius 2 is 2.13 bits per heavy atom. The number of hydrazone groups is 1. The van der Waals surface area contributed by atoms with Crippen LogP contribution in [0.25, 0.3) is 11.0 Å². The molecule has 2 N–H and O–H groups in total. The number of urea groups is 1. The van der Waals surface area contributed by atoms with E-state index in [2.05, 4.69) is 15.8 Å². The van der Waals surface area contributed by atoms with Crippen LogP contribution in [0.15, 0.2) is 39.9 Å². The fraction of sp³-hybridized carbons (Fsp3) is 0.333. The lowest BCUT2D eigenvalue weighted by Crippen LogP contribution is -2.41. The van der Waals surface area contributed by atoms with Crippen LogP contribution in [-0.4, -0.2) is 37.7 Å². The normalized spacial score (nSPS) is 20.6. The zero-order valence-electron chi connectivity index (χ0n) is 12.6. The van der Waals surface area contributed by atoms with Crippen molar-refractivity contribution in [1.29, 1.82) is 0 Å². The third kappa shape index (κ3) is 3.70. The first kappa shape index (κ1) is 15.5. The minimum atomic E-state index is -3.02. The van der Waals surface area contributed by atoms with E-state index >= 15 is 0 Å². The third-order valence-corrected chi connectivity index (χ3v) is 5.44. The number of rotatable bonds is 3. The van der Waals surface area contributed by atoms with Gasteiger partial charge in [-0.15, -0.1) is 0 Å². The molecule has 1 aliphatic rings. The molecule has 1 fully saturated rings. The Kier molecular flexibility index (Phi) is 4.08. The molecule has 8 heteroatoms. The summed E-state index contributed by atoms with van der Waals surface area (Å²) in [5.74, 6) is 0.654. The average Bonchev–Trinajstić information content (AvgIpc) is 3.07.